The SMILES string of the molecule is CCCC(F)(F)C(F)(F)NNC(=O)[O-].[Cs+]. The van der Waals surface area contributed by atoms with Crippen LogP contribution in [0.3, 0.4) is 0 Å². The Morgan fingerprint density at radius 3 is 2.13 bits per heavy atom. The first kappa shape index (κ1) is 18.4. The quantitative estimate of drug-likeness (QED) is 0.326. The normalized spacial score (nSPS) is 11.8. The molecule has 0 rings (SSSR count). The molecule has 1 amide bonds. The van der Waals surface area contributed by atoms with E-state index in [0.29, 0.717) is 5.43 Å². The molecule has 0 aliphatic rings. The molecule has 0 aromatic rings. The Hall–Kier alpha value is 1.00. The number of rotatable bonds is 5. The van der Waals surface area contributed by atoms with Gasteiger partial charge in [0.1, 0.15) is 6.09 Å². The maximum atomic E-state index is 12.6. The summed E-state index contributed by atoms with van der Waals surface area (Å²) in [4.78, 5) is 9.67. The van der Waals surface area contributed by atoms with Crippen LogP contribution in [0.2, 0.25) is 0 Å². The van der Waals surface area contributed by atoms with Crippen molar-refractivity contribution in [3.63, 3.8) is 0 Å². The predicted molar refractivity (Wildman–Crippen MR) is 36.5 cm³/mol. The van der Waals surface area contributed by atoms with Crippen molar-refractivity contribution in [2.24, 2.45) is 0 Å². The Morgan fingerprint density at radius 2 is 1.80 bits per heavy atom. The zero-order chi connectivity index (χ0) is 11.4. The minimum atomic E-state index is -4.64. The van der Waals surface area contributed by atoms with Crippen LogP contribution in [-0.4, -0.2) is 18.1 Å². The van der Waals surface area contributed by atoms with E-state index in [1.165, 1.54) is 6.92 Å². The molecule has 0 fully saturated rings. The molecule has 0 bridgehead atoms. The van der Waals surface area contributed by atoms with E-state index < -0.39 is 24.5 Å². The second kappa shape index (κ2) is 7.35. The third-order valence-corrected chi connectivity index (χ3v) is 1.34. The fourth-order valence-electron chi connectivity index (χ4n) is 0.692. The molecule has 0 aromatic heterocycles. The van der Waals surface area contributed by atoms with Gasteiger partial charge in [0, 0.05) is 6.42 Å². The molecular formula is C6H9CsF4N2O2. The first-order chi connectivity index (χ1) is 6.23. The van der Waals surface area contributed by atoms with Crippen molar-refractivity contribution >= 4 is 6.09 Å². The van der Waals surface area contributed by atoms with Crippen molar-refractivity contribution in [1.82, 2.24) is 10.9 Å². The molecule has 0 radical (unpaired) electrons. The summed E-state index contributed by atoms with van der Waals surface area (Å²) in [5.74, 6) is -4.32. The zero-order valence-electron chi connectivity index (χ0n) is 8.24. The summed E-state index contributed by atoms with van der Waals surface area (Å²) in [6.45, 7) is 1.30. The van der Waals surface area contributed by atoms with Crippen molar-refractivity contribution in [2.45, 2.75) is 31.7 Å². The molecule has 9 heteroatoms. The number of hydrogen-bond acceptors (Lipinski definition) is 3. The first-order valence-electron chi connectivity index (χ1n) is 3.72. The van der Waals surface area contributed by atoms with Crippen molar-refractivity contribution in [3.05, 3.63) is 0 Å². The van der Waals surface area contributed by atoms with Crippen LogP contribution in [-0.2, 0) is 0 Å². The van der Waals surface area contributed by atoms with Gasteiger partial charge in [-0.25, -0.2) is 0 Å². The summed E-state index contributed by atoms with van der Waals surface area (Å²) in [5.41, 5.74) is 1.56. The summed E-state index contributed by atoms with van der Waals surface area (Å²) in [7, 11) is 0. The predicted octanol–water partition coefficient (Wildman–Crippen LogP) is -2.54. The zero-order valence-corrected chi connectivity index (χ0v) is 14.5. The van der Waals surface area contributed by atoms with Gasteiger partial charge in [-0.3, -0.25) is 0 Å². The van der Waals surface area contributed by atoms with Crippen LogP contribution in [0, 0.1) is 0 Å². The van der Waals surface area contributed by atoms with Gasteiger partial charge < -0.3 is 15.3 Å². The second-order valence-corrected chi connectivity index (χ2v) is 2.57. The number of alkyl halides is 4. The minimum Gasteiger partial charge on any atom is -0.529 e. The van der Waals surface area contributed by atoms with Gasteiger partial charge in [-0.1, -0.05) is 13.3 Å². The van der Waals surface area contributed by atoms with Crippen molar-refractivity contribution in [1.29, 1.82) is 0 Å². The minimum absolute atomic E-state index is 0. The number of carbonyl (C=O) groups is 1. The van der Waals surface area contributed by atoms with Crippen molar-refractivity contribution in [2.75, 3.05) is 0 Å². The van der Waals surface area contributed by atoms with Gasteiger partial charge in [0.2, 0.25) is 0 Å². The fraction of sp³-hybridized carbons (Fsp3) is 0.833. The fourth-order valence-corrected chi connectivity index (χ4v) is 0.692. The monoisotopic (exact) mass is 350 g/mol. The van der Waals surface area contributed by atoms with E-state index in [1.807, 2.05) is 0 Å². The first-order valence-corrected chi connectivity index (χ1v) is 3.72. The Bertz CT molecular complexity index is 215. The largest absolute Gasteiger partial charge is 1.00 e. The molecule has 0 saturated carbocycles. The Morgan fingerprint density at radius 1 is 1.33 bits per heavy atom. The molecule has 4 nitrogen and oxygen atoms in total. The summed E-state index contributed by atoms with van der Waals surface area (Å²) < 4.78 is 50.2. The average Bonchev–Trinajstić information content (AvgIpc) is 2.00. The molecule has 2 N–H and O–H groups in total. The van der Waals surface area contributed by atoms with Gasteiger partial charge in [-0.15, -0.1) is 0 Å². The van der Waals surface area contributed by atoms with Crippen LogP contribution < -0.4 is 84.9 Å². The van der Waals surface area contributed by atoms with E-state index in [0.717, 1.165) is 5.43 Å². The summed E-state index contributed by atoms with van der Waals surface area (Å²) in [5, 5.41) is 9.67. The molecule has 84 valence electrons. The maximum Gasteiger partial charge on any atom is 1.00 e. The third-order valence-electron chi connectivity index (χ3n) is 1.34. The van der Waals surface area contributed by atoms with Gasteiger partial charge in [-0.2, -0.15) is 23.0 Å². The van der Waals surface area contributed by atoms with E-state index in [9.17, 15) is 27.5 Å². The number of amides is 1. The van der Waals surface area contributed by atoms with Crippen LogP contribution in [0.5, 0.6) is 0 Å². The smallest absolute Gasteiger partial charge is 0.529 e. The molecule has 0 saturated heterocycles. The summed E-state index contributed by atoms with van der Waals surface area (Å²) >= 11 is 0. The number of hydrazine groups is 1. The topological polar surface area (TPSA) is 64.2 Å². The number of carbonyl (C=O) groups excluding carboxylic acids is 1. The second-order valence-electron chi connectivity index (χ2n) is 2.57. The van der Waals surface area contributed by atoms with E-state index in [2.05, 4.69) is 0 Å². The van der Waals surface area contributed by atoms with Crippen LogP contribution in [0.25, 0.3) is 0 Å². The van der Waals surface area contributed by atoms with Crippen LogP contribution in [0.15, 0.2) is 0 Å². The van der Waals surface area contributed by atoms with Gasteiger partial charge >= 0.3 is 80.9 Å². The summed E-state index contributed by atoms with van der Waals surface area (Å²) in [6, 6.07) is -4.64. The molecular weight excluding hydrogens is 341 g/mol. The average molecular weight is 350 g/mol. The molecule has 0 atom stereocenters. The van der Waals surface area contributed by atoms with E-state index in [-0.39, 0.29) is 75.3 Å². The molecule has 0 unspecified atom stereocenters. The van der Waals surface area contributed by atoms with Crippen LogP contribution in [0.4, 0.5) is 22.4 Å². The molecule has 0 aromatic carbocycles. The van der Waals surface area contributed by atoms with Crippen molar-refractivity contribution < 1.29 is 96.4 Å². The molecule has 15 heavy (non-hydrogen) atoms. The van der Waals surface area contributed by atoms with E-state index >= 15 is 0 Å². The Balaban J connectivity index is 0. The molecule has 0 heterocycles. The third kappa shape index (κ3) is 6.34. The van der Waals surface area contributed by atoms with Gasteiger partial charge in [0.15, 0.2) is 0 Å². The maximum absolute atomic E-state index is 12.6. The van der Waals surface area contributed by atoms with Gasteiger partial charge in [0.05, 0.1) is 0 Å². The number of hydrogen-bond donors (Lipinski definition) is 2. The molecule has 0 aliphatic carbocycles. The standard InChI is InChI=1S/C6H10F4N2O2.Cs/c1-2-3-5(7,8)6(9,10)12-11-4(13)14;/h11-12H,2-3H2,1H3,(H,13,14);/q;+1/p-1. The Labute approximate surface area is 143 Å². The Kier molecular flexibility index (Phi) is 9.00. The van der Waals surface area contributed by atoms with Crippen LogP contribution >= 0.6 is 0 Å². The summed E-state index contributed by atoms with van der Waals surface area (Å²) in [6.07, 6.45) is -3.32. The number of carboxylic acid groups (broad SMARTS) is 1. The van der Waals surface area contributed by atoms with E-state index in [1.54, 1.807) is 0 Å². The number of halogens is 4. The number of nitrogens with one attached hydrogen (secondary N) is 2. The van der Waals surface area contributed by atoms with Gasteiger partial charge in [-0.05, 0) is 0 Å². The van der Waals surface area contributed by atoms with Crippen molar-refractivity contribution in [3.8, 4) is 0 Å². The van der Waals surface area contributed by atoms with Crippen LogP contribution in [0.1, 0.15) is 19.8 Å². The van der Waals surface area contributed by atoms with Gasteiger partial charge in [0.25, 0.3) is 0 Å². The van der Waals surface area contributed by atoms with E-state index in [4.69, 9.17) is 0 Å². The molecule has 0 aliphatic heterocycles. The molecule has 0 spiro atoms.